The third-order valence-corrected chi connectivity index (χ3v) is 7.38. The molecule has 1 fully saturated rings. The van der Waals surface area contributed by atoms with E-state index in [0.29, 0.717) is 18.8 Å². The van der Waals surface area contributed by atoms with Crippen LogP contribution in [0.2, 0.25) is 0 Å². The molecule has 2 aromatic heterocycles. The summed E-state index contributed by atoms with van der Waals surface area (Å²) in [6, 6.07) is 11.3. The molecule has 1 aliphatic rings. The summed E-state index contributed by atoms with van der Waals surface area (Å²) in [4.78, 5) is 21.8. The maximum Gasteiger partial charge on any atom is 0.243 e. The van der Waals surface area contributed by atoms with Crippen LogP contribution in [0.3, 0.4) is 0 Å². The second-order valence-electron chi connectivity index (χ2n) is 7.52. The number of hydrogen-bond acceptors (Lipinski definition) is 5. The van der Waals surface area contributed by atoms with Crippen molar-refractivity contribution in [3.63, 3.8) is 0 Å². The number of nitrogens with zero attached hydrogens (tertiary/aromatic N) is 4. The van der Waals surface area contributed by atoms with Crippen LogP contribution in [0, 0.1) is 6.92 Å². The first kappa shape index (κ1) is 21.2. The normalized spacial score (nSPS) is 17.4. The van der Waals surface area contributed by atoms with Gasteiger partial charge in [0.25, 0.3) is 0 Å². The molecule has 8 nitrogen and oxygen atoms in total. The smallest absolute Gasteiger partial charge is 0.243 e. The minimum atomic E-state index is -3.73. The van der Waals surface area contributed by atoms with Crippen LogP contribution in [0.1, 0.15) is 30.7 Å². The van der Waals surface area contributed by atoms with E-state index in [4.69, 9.17) is 0 Å². The number of nitrogens with one attached hydrogen (secondary N) is 1. The zero-order valence-corrected chi connectivity index (χ0v) is 18.1. The largest absolute Gasteiger partial charge is 0.351 e. The van der Waals surface area contributed by atoms with Gasteiger partial charge in [0.05, 0.1) is 4.90 Å². The van der Waals surface area contributed by atoms with E-state index in [2.05, 4.69) is 15.3 Å². The van der Waals surface area contributed by atoms with Gasteiger partial charge in [0.1, 0.15) is 17.7 Å². The number of aryl methyl sites for hydroxylation is 1. The number of piperidine rings is 1. The van der Waals surface area contributed by atoms with E-state index in [9.17, 15) is 13.2 Å². The summed E-state index contributed by atoms with van der Waals surface area (Å²) < 4.78 is 29.4. The molecule has 162 valence electrons. The lowest BCUT2D eigenvalue weighted by Gasteiger charge is -2.33. The average molecular weight is 440 g/mol. The van der Waals surface area contributed by atoms with Crippen LogP contribution in [0.15, 0.2) is 66.0 Å². The van der Waals surface area contributed by atoms with Crippen LogP contribution in [0.25, 0.3) is 5.82 Å². The molecule has 1 aliphatic heterocycles. The molecule has 1 aromatic carbocycles. The first-order chi connectivity index (χ1) is 15.0. The third-order valence-electron chi connectivity index (χ3n) is 5.46. The number of imidazole rings is 1. The topological polar surface area (TPSA) is 97.2 Å². The Bertz CT molecular complexity index is 1160. The number of hydrogen-bond donors (Lipinski definition) is 1. The number of carbonyl (C=O) groups excluding carboxylic acids is 1. The Morgan fingerprint density at radius 1 is 1.13 bits per heavy atom. The SMILES string of the molecule is Cc1nccn1-c1cc(CNC(=O)[C@@H]2CCCCN2S(=O)(=O)c2ccccc2)ccn1. The highest BCUT2D eigenvalue weighted by Gasteiger charge is 2.37. The van der Waals surface area contributed by atoms with Crippen LogP contribution < -0.4 is 5.32 Å². The van der Waals surface area contributed by atoms with Crippen LogP contribution >= 0.6 is 0 Å². The van der Waals surface area contributed by atoms with Crippen LogP contribution in [0.4, 0.5) is 0 Å². The molecule has 0 aliphatic carbocycles. The number of benzene rings is 1. The van der Waals surface area contributed by atoms with E-state index < -0.39 is 16.1 Å². The lowest BCUT2D eigenvalue weighted by molar-refractivity contribution is -0.125. The Kier molecular flexibility index (Phi) is 6.15. The van der Waals surface area contributed by atoms with Crippen LogP contribution in [-0.4, -0.2) is 45.8 Å². The molecule has 9 heteroatoms. The van der Waals surface area contributed by atoms with E-state index in [1.807, 2.05) is 29.8 Å². The van der Waals surface area contributed by atoms with Crippen molar-refractivity contribution in [3.8, 4) is 5.82 Å². The second-order valence-corrected chi connectivity index (χ2v) is 9.42. The first-order valence-corrected chi connectivity index (χ1v) is 11.7. The van der Waals surface area contributed by atoms with Crippen molar-refractivity contribution in [1.82, 2.24) is 24.2 Å². The number of rotatable bonds is 6. The number of sulfonamides is 1. The number of carbonyl (C=O) groups is 1. The first-order valence-electron chi connectivity index (χ1n) is 10.3. The van der Waals surface area contributed by atoms with Crippen molar-refractivity contribution < 1.29 is 13.2 Å². The molecule has 0 radical (unpaired) electrons. The molecule has 1 amide bonds. The monoisotopic (exact) mass is 439 g/mol. The van der Waals surface area contributed by atoms with Gasteiger partial charge in [-0.3, -0.25) is 9.36 Å². The fourth-order valence-electron chi connectivity index (χ4n) is 3.81. The zero-order valence-electron chi connectivity index (χ0n) is 17.3. The average Bonchev–Trinajstić information content (AvgIpc) is 3.24. The van der Waals surface area contributed by atoms with Gasteiger partial charge in [0.15, 0.2) is 0 Å². The fraction of sp³-hybridized carbons (Fsp3) is 0.318. The Balaban J connectivity index is 1.48. The Hall–Kier alpha value is -3.04. The highest BCUT2D eigenvalue weighted by atomic mass is 32.2. The zero-order chi connectivity index (χ0) is 21.8. The van der Waals surface area contributed by atoms with Crippen LogP contribution in [-0.2, 0) is 21.4 Å². The molecule has 4 rings (SSSR count). The van der Waals surface area contributed by atoms with Gasteiger partial charge >= 0.3 is 0 Å². The summed E-state index contributed by atoms with van der Waals surface area (Å²) in [6.07, 6.45) is 7.29. The summed E-state index contributed by atoms with van der Waals surface area (Å²) in [7, 11) is -3.73. The van der Waals surface area contributed by atoms with Gasteiger partial charge in [-0.05, 0) is 49.6 Å². The molecular formula is C22H25N5O3S. The van der Waals surface area contributed by atoms with E-state index in [1.54, 1.807) is 42.7 Å². The molecule has 0 unspecified atom stereocenters. The number of pyridine rings is 1. The van der Waals surface area contributed by atoms with Gasteiger partial charge in [0, 0.05) is 31.7 Å². The molecular weight excluding hydrogens is 414 g/mol. The van der Waals surface area contributed by atoms with Crippen molar-refractivity contribution in [3.05, 3.63) is 72.4 Å². The van der Waals surface area contributed by atoms with E-state index >= 15 is 0 Å². The molecule has 0 saturated carbocycles. The highest BCUT2D eigenvalue weighted by Crippen LogP contribution is 2.25. The van der Waals surface area contributed by atoms with Crippen molar-refractivity contribution in [2.45, 2.75) is 43.7 Å². The third kappa shape index (κ3) is 4.52. The number of amides is 1. The predicted octanol–water partition coefficient (Wildman–Crippen LogP) is 2.44. The van der Waals surface area contributed by atoms with Gasteiger partial charge in [0.2, 0.25) is 15.9 Å². The molecule has 1 atom stereocenters. The Labute approximate surface area is 182 Å². The maximum absolute atomic E-state index is 13.1. The molecule has 0 bridgehead atoms. The quantitative estimate of drug-likeness (QED) is 0.636. The van der Waals surface area contributed by atoms with Crippen molar-refractivity contribution in [1.29, 1.82) is 0 Å². The Morgan fingerprint density at radius 3 is 2.68 bits per heavy atom. The van der Waals surface area contributed by atoms with Crippen LogP contribution in [0.5, 0.6) is 0 Å². The standard InChI is InChI=1S/C22H25N5O3S/c1-17-23-12-14-26(17)21-15-18(10-11-24-21)16-25-22(28)20-9-5-6-13-27(20)31(29,30)19-7-3-2-4-8-19/h2-4,7-8,10-12,14-15,20H,5-6,9,13,16H2,1H3,(H,25,28)/t20-/m0/s1. The minimum Gasteiger partial charge on any atom is -0.351 e. The van der Waals surface area contributed by atoms with Gasteiger partial charge in [-0.1, -0.05) is 24.6 Å². The second kappa shape index (κ2) is 8.99. The summed E-state index contributed by atoms with van der Waals surface area (Å²) in [5.41, 5.74) is 0.875. The summed E-state index contributed by atoms with van der Waals surface area (Å²) >= 11 is 0. The van der Waals surface area contributed by atoms with Crippen molar-refractivity contribution in [2.75, 3.05) is 6.54 Å². The molecule has 3 aromatic rings. The van der Waals surface area contributed by atoms with Gasteiger partial charge < -0.3 is 5.32 Å². The van der Waals surface area contributed by atoms with Crippen molar-refractivity contribution in [2.24, 2.45) is 0 Å². The lowest BCUT2D eigenvalue weighted by atomic mass is 10.0. The minimum absolute atomic E-state index is 0.212. The summed E-state index contributed by atoms with van der Waals surface area (Å²) in [6.45, 7) is 2.52. The molecule has 31 heavy (non-hydrogen) atoms. The molecule has 0 spiro atoms. The lowest BCUT2D eigenvalue weighted by Crippen LogP contribution is -2.51. The van der Waals surface area contributed by atoms with Gasteiger partial charge in [-0.15, -0.1) is 0 Å². The Morgan fingerprint density at radius 2 is 1.94 bits per heavy atom. The predicted molar refractivity (Wildman–Crippen MR) is 116 cm³/mol. The molecule has 1 N–H and O–H groups in total. The summed E-state index contributed by atoms with van der Waals surface area (Å²) in [5.74, 6) is 1.25. The van der Waals surface area contributed by atoms with E-state index in [1.165, 1.54) is 4.31 Å². The maximum atomic E-state index is 13.1. The fourth-order valence-corrected chi connectivity index (χ4v) is 5.49. The van der Waals surface area contributed by atoms with E-state index in [-0.39, 0.29) is 17.3 Å². The van der Waals surface area contributed by atoms with Gasteiger partial charge in [-0.25, -0.2) is 18.4 Å². The van der Waals surface area contributed by atoms with Gasteiger partial charge in [-0.2, -0.15) is 4.31 Å². The molecule has 1 saturated heterocycles. The van der Waals surface area contributed by atoms with E-state index in [0.717, 1.165) is 24.2 Å². The number of aromatic nitrogens is 3. The highest BCUT2D eigenvalue weighted by molar-refractivity contribution is 7.89. The summed E-state index contributed by atoms with van der Waals surface area (Å²) in [5, 5.41) is 2.91. The van der Waals surface area contributed by atoms with Crippen molar-refractivity contribution >= 4 is 15.9 Å². The molecule has 3 heterocycles.